The van der Waals surface area contributed by atoms with Gasteiger partial charge in [0, 0.05) is 6.26 Å². The summed E-state index contributed by atoms with van der Waals surface area (Å²) >= 11 is 0. The molecule has 0 N–H and O–H groups in total. The lowest BCUT2D eigenvalue weighted by atomic mass is 10.3. The number of rotatable bonds is 7. The Hall–Kier alpha value is -2.11. The van der Waals surface area contributed by atoms with Gasteiger partial charge in [-0.25, -0.2) is 8.42 Å². The standard InChI is InChI=1S/C14H14O8S3/c1-23(15,16)14(24(17,18)21-12-8-4-2-5-9-12)25(19,20)22-13-10-6-3-7-11-13/h2-11,14H,1H3. The lowest BCUT2D eigenvalue weighted by Gasteiger charge is -2.17. The maximum Gasteiger partial charge on any atom is 0.345 e. The monoisotopic (exact) mass is 406 g/mol. The summed E-state index contributed by atoms with van der Waals surface area (Å²) in [5.74, 6) is -0.461. The summed E-state index contributed by atoms with van der Waals surface area (Å²) < 4.78 is 79.4. The Morgan fingerprint density at radius 2 is 0.960 bits per heavy atom. The van der Waals surface area contributed by atoms with Crippen LogP contribution in [0.1, 0.15) is 0 Å². The molecule has 0 aliphatic carbocycles. The van der Waals surface area contributed by atoms with E-state index in [1.807, 2.05) is 0 Å². The summed E-state index contributed by atoms with van der Waals surface area (Å²) in [7, 11) is -14.9. The molecular weight excluding hydrogens is 392 g/mol. The Balaban J connectivity index is 2.46. The molecule has 0 aliphatic rings. The van der Waals surface area contributed by atoms with E-state index in [2.05, 4.69) is 8.37 Å². The van der Waals surface area contributed by atoms with Crippen LogP contribution in [0.25, 0.3) is 0 Å². The molecule has 2 rings (SSSR count). The molecule has 0 unspecified atom stereocenters. The second-order valence-corrected chi connectivity index (χ2v) is 11.2. The molecule has 0 atom stereocenters. The van der Waals surface area contributed by atoms with Gasteiger partial charge in [0.05, 0.1) is 0 Å². The van der Waals surface area contributed by atoms with E-state index in [-0.39, 0.29) is 11.5 Å². The van der Waals surface area contributed by atoms with E-state index < -0.39 is 34.0 Å². The number of benzene rings is 2. The smallest absolute Gasteiger partial charge is 0.345 e. The van der Waals surface area contributed by atoms with Crippen molar-refractivity contribution in [1.29, 1.82) is 0 Å². The van der Waals surface area contributed by atoms with Crippen molar-refractivity contribution in [3.63, 3.8) is 0 Å². The van der Waals surface area contributed by atoms with Crippen LogP contribution >= 0.6 is 0 Å². The van der Waals surface area contributed by atoms with Crippen LogP contribution in [0.2, 0.25) is 0 Å². The first kappa shape index (κ1) is 19.2. The molecule has 0 amide bonds. The molecule has 8 nitrogen and oxygen atoms in total. The molecule has 0 aromatic heterocycles. The second-order valence-electron chi connectivity index (χ2n) is 4.90. The van der Waals surface area contributed by atoms with Crippen molar-refractivity contribution in [2.24, 2.45) is 0 Å². The molecule has 0 radical (unpaired) electrons. The van der Waals surface area contributed by atoms with Crippen LogP contribution in [0.15, 0.2) is 60.7 Å². The van der Waals surface area contributed by atoms with Crippen LogP contribution in [-0.4, -0.2) is 35.4 Å². The minimum absolute atomic E-state index is 0.230. The fourth-order valence-corrected chi connectivity index (χ4v) is 7.84. The highest BCUT2D eigenvalue weighted by molar-refractivity contribution is 8.21. The number of hydrogen-bond donors (Lipinski definition) is 0. The summed E-state index contributed by atoms with van der Waals surface area (Å²) in [6, 6.07) is 13.9. The molecule has 0 saturated heterocycles. The van der Waals surface area contributed by atoms with E-state index in [1.54, 1.807) is 12.1 Å². The van der Waals surface area contributed by atoms with Crippen LogP contribution < -0.4 is 8.37 Å². The van der Waals surface area contributed by atoms with Gasteiger partial charge < -0.3 is 8.37 Å². The van der Waals surface area contributed by atoms with Gasteiger partial charge in [-0.3, -0.25) is 0 Å². The van der Waals surface area contributed by atoms with E-state index in [4.69, 9.17) is 0 Å². The molecule has 0 spiro atoms. The second kappa shape index (κ2) is 7.02. The van der Waals surface area contributed by atoms with Gasteiger partial charge in [0.25, 0.3) is 0 Å². The van der Waals surface area contributed by atoms with Crippen molar-refractivity contribution >= 4 is 30.1 Å². The van der Waals surface area contributed by atoms with Crippen molar-refractivity contribution < 1.29 is 33.6 Å². The quantitative estimate of drug-likeness (QED) is 0.628. The average Bonchev–Trinajstić information content (AvgIpc) is 2.45. The highest BCUT2D eigenvalue weighted by atomic mass is 32.3. The maximum atomic E-state index is 12.3. The van der Waals surface area contributed by atoms with Crippen LogP contribution in [0.4, 0.5) is 0 Å². The first-order valence-electron chi connectivity index (χ1n) is 6.68. The van der Waals surface area contributed by atoms with Crippen LogP contribution in [0.3, 0.4) is 0 Å². The Morgan fingerprint density at radius 3 is 1.24 bits per heavy atom. The fraction of sp³-hybridized carbons (Fsp3) is 0.143. The van der Waals surface area contributed by atoms with Gasteiger partial charge in [-0.15, -0.1) is 0 Å². The van der Waals surface area contributed by atoms with Gasteiger partial charge in [-0.1, -0.05) is 36.4 Å². The van der Waals surface area contributed by atoms with E-state index in [9.17, 15) is 25.3 Å². The SMILES string of the molecule is CS(=O)(=O)C(S(=O)(=O)Oc1ccccc1)S(=O)(=O)Oc1ccccc1. The Morgan fingerprint density at radius 1 is 0.640 bits per heavy atom. The number of para-hydroxylation sites is 2. The Kier molecular flexibility index (Phi) is 5.40. The largest absolute Gasteiger partial charge is 0.381 e. The Bertz CT molecular complexity index is 956. The topological polar surface area (TPSA) is 121 Å². The van der Waals surface area contributed by atoms with Gasteiger partial charge in [-0.05, 0) is 24.3 Å². The third-order valence-electron chi connectivity index (χ3n) is 2.73. The van der Waals surface area contributed by atoms with Crippen LogP contribution in [0.5, 0.6) is 11.5 Å². The van der Waals surface area contributed by atoms with Crippen molar-refractivity contribution in [1.82, 2.24) is 0 Å². The first-order chi connectivity index (χ1) is 11.5. The van der Waals surface area contributed by atoms with Crippen LogP contribution in [0, 0.1) is 0 Å². The zero-order valence-corrected chi connectivity index (χ0v) is 15.3. The first-order valence-corrected chi connectivity index (χ1v) is 11.6. The van der Waals surface area contributed by atoms with Gasteiger partial charge in [0.15, 0.2) is 9.84 Å². The molecule has 0 fully saturated rings. The summed E-state index contributed by atoms with van der Waals surface area (Å²) in [5.41, 5.74) is 0. The molecule has 11 heteroatoms. The minimum atomic E-state index is -5.11. The lowest BCUT2D eigenvalue weighted by Crippen LogP contribution is -2.42. The molecule has 136 valence electrons. The molecule has 2 aromatic rings. The highest BCUT2D eigenvalue weighted by Gasteiger charge is 2.50. The van der Waals surface area contributed by atoms with Gasteiger partial charge >= 0.3 is 24.2 Å². The van der Waals surface area contributed by atoms with Crippen molar-refractivity contribution in [3.05, 3.63) is 60.7 Å². The molecular formula is C14H14O8S3. The average molecular weight is 406 g/mol. The molecule has 0 saturated carbocycles. The summed E-state index contributed by atoms with van der Waals surface area (Å²) in [4.78, 5) is 0. The summed E-state index contributed by atoms with van der Waals surface area (Å²) in [6.45, 7) is 0. The van der Waals surface area contributed by atoms with Gasteiger partial charge in [-0.2, -0.15) is 16.8 Å². The molecule has 0 heterocycles. The molecule has 0 bridgehead atoms. The van der Waals surface area contributed by atoms with Gasteiger partial charge in [0.2, 0.25) is 0 Å². The van der Waals surface area contributed by atoms with E-state index >= 15 is 0 Å². The zero-order valence-electron chi connectivity index (χ0n) is 12.8. The summed E-state index contributed by atoms with van der Waals surface area (Å²) in [5, 5.41) is 0. The summed E-state index contributed by atoms with van der Waals surface area (Å²) in [6.07, 6.45) is 0.468. The minimum Gasteiger partial charge on any atom is -0.381 e. The number of sulfone groups is 1. The van der Waals surface area contributed by atoms with Gasteiger partial charge in [0.1, 0.15) is 11.5 Å². The van der Waals surface area contributed by atoms with Crippen molar-refractivity contribution in [2.45, 2.75) is 3.91 Å². The normalized spacial score (nSPS) is 12.7. The van der Waals surface area contributed by atoms with E-state index in [0.717, 1.165) is 0 Å². The van der Waals surface area contributed by atoms with E-state index in [0.29, 0.717) is 6.26 Å². The third kappa shape index (κ3) is 4.94. The predicted octanol–water partition coefficient (Wildman–Crippen LogP) is 1.13. The zero-order chi connectivity index (χ0) is 18.7. The van der Waals surface area contributed by atoms with Crippen LogP contribution in [-0.2, 0) is 30.1 Å². The molecule has 25 heavy (non-hydrogen) atoms. The van der Waals surface area contributed by atoms with E-state index in [1.165, 1.54) is 48.5 Å². The third-order valence-corrected chi connectivity index (χ3v) is 10.1. The molecule has 2 aromatic carbocycles. The lowest BCUT2D eigenvalue weighted by molar-refractivity contribution is 0.468. The number of hydrogen-bond acceptors (Lipinski definition) is 8. The fourth-order valence-electron chi connectivity index (χ4n) is 1.87. The Labute approximate surface area is 146 Å². The van der Waals surface area contributed by atoms with Crippen molar-refractivity contribution in [3.8, 4) is 11.5 Å². The highest BCUT2D eigenvalue weighted by Crippen LogP contribution is 2.24. The molecule has 0 aliphatic heterocycles. The maximum absolute atomic E-state index is 12.3. The van der Waals surface area contributed by atoms with Crippen molar-refractivity contribution in [2.75, 3.05) is 6.26 Å². The predicted molar refractivity (Wildman–Crippen MR) is 90.6 cm³/mol.